The molecule has 2 aromatic rings. The Hall–Kier alpha value is -2.41. The molecule has 1 aliphatic heterocycles. The molecule has 116 valence electrons. The maximum absolute atomic E-state index is 13.7. The molecule has 6 nitrogen and oxygen atoms in total. The number of aliphatic carboxylic acids is 1. The summed E-state index contributed by atoms with van der Waals surface area (Å²) >= 11 is 0. The molecular formula is C15H15FN2O4. The zero-order valence-electron chi connectivity index (χ0n) is 11.7. The third kappa shape index (κ3) is 2.33. The van der Waals surface area contributed by atoms with Crippen molar-refractivity contribution in [2.75, 3.05) is 13.1 Å². The Morgan fingerprint density at radius 1 is 1.27 bits per heavy atom. The van der Waals surface area contributed by atoms with Crippen molar-refractivity contribution in [3.8, 4) is 0 Å². The third-order valence-corrected chi connectivity index (χ3v) is 4.12. The molecule has 0 radical (unpaired) electrons. The quantitative estimate of drug-likeness (QED) is 0.781. The Morgan fingerprint density at radius 3 is 2.55 bits per heavy atom. The number of nitrogens with zero attached hydrogens (tertiary/aromatic N) is 1. The van der Waals surface area contributed by atoms with E-state index in [2.05, 4.69) is 4.98 Å². The molecule has 0 spiro atoms. The van der Waals surface area contributed by atoms with Gasteiger partial charge in [-0.2, -0.15) is 0 Å². The number of carboxylic acid groups (broad SMARTS) is 1. The average Bonchev–Trinajstić information content (AvgIpc) is 2.93. The number of piperidine rings is 1. The van der Waals surface area contributed by atoms with E-state index in [0.717, 1.165) is 0 Å². The normalized spacial score (nSPS) is 17.6. The molecule has 1 aromatic carbocycles. The number of aliphatic hydroxyl groups is 1. The topological polar surface area (TPSA) is 93.6 Å². The maximum atomic E-state index is 13.7. The summed E-state index contributed by atoms with van der Waals surface area (Å²) in [5.74, 6) is -2.01. The fraction of sp³-hybridized carbons (Fsp3) is 0.333. The van der Waals surface area contributed by atoms with Crippen LogP contribution in [0.4, 0.5) is 4.39 Å². The molecule has 2 heterocycles. The van der Waals surface area contributed by atoms with E-state index >= 15 is 0 Å². The second-order valence-electron chi connectivity index (χ2n) is 5.51. The predicted molar refractivity (Wildman–Crippen MR) is 76.0 cm³/mol. The summed E-state index contributed by atoms with van der Waals surface area (Å²) < 4.78 is 13.7. The van der Waals surface area contributed by atoms with Gasteiger partial charge in [-0.15, -0.1) is 0 Å². The first kappa shape index (κ1) is 14.5. The maximum Gasteiger partial charge on any atom is 0.335 e. The van der Waals surface area contributed by atoms with E-state index in [1.165, 1.54) is 17.0 Å². The number of aromatic amines is 1. The van der Waals surface area contributed by atoms with Crippen LogP contribution in [0.1, 0.15) is 23.3 Å². The van der Waals surface area contributed by atoms with Crippen LogP contribution in [-0.2, 0) is 4.79 Å². The van der Waals surface area contributed by atoms with E-state index < -0.39 is 17.4 Å². The molecule has 0 bridgehead atoms. The fourth-order valence-electron chi connectivity index (χ4n) is 2.70. The molecule has 3 N–H and O–H groups in total. The number of H-pyrrole nitrogens is 1. The van der Waals surface area contributed by atoms with Crippen LogP contribution in [-0.4, -0.2) is 50.7 Å². The van der Waals surface area contributed by atoms with Gasteiger partial charge in [0, 0.05) is 36.8 Å². The lowest BCUT2D eigenvalue weighted by atomic mass is 9.91. The van der Waals surface area contributed by atoms with Crippen LogP contribution in [0.2, 0.25) is 0 Å². The number of rotatable bonds is 2. The van der Waals surface area contributed by atoms with E-state index in [9.17, 15) is 19.1 Å². The third-order valence-electron chi connectivity index (χ3n) is 4.12. The van der Waals surface area contributed by atoms with Crippen molar-refractivity contribution in [1.29, 1.82) is 0 Å². The first-order chi connectivity index (χ1) is 10.4. The number of benzene rings is 1. The van der Waals surface area contributed by atoms with Crippen molar-refractivity contribution in [2.45, 2.75) is 18.4 Å². The summed E-state index contributed by atoms with van der Waals surface area (Å²) in [6, 6.07) is 5.99. The molecule has 0 saturated carbocycles. The molecule has 1 aromatic heterocycles. The van der Waals surface area contributed by atoms with Gasteiger partial charge in [-0.1, -0.05) is 6.07 Å². The van der Waals surface area contributed by atoms with Gasteiger partial charge in [0.15, 0.2) is 5.60 Å². The van der Waals surface area contributed by atoms with Crippen LogP contribution in [0.3, 0.4) is 0 Å². The number of hydrogen-bond donors (Lipinski definition) is 3. The molecular weight excluding hydrogens is 291 g/mol. The number of likely N-dealkylation sites (tertiary alicyclic amines) is 1. The molecule has 1 aliphatic rings. The summed E-state index contributed by atoms with van der Waals surface area (Å²) in [5.41, 5.74) is -0.994. The molecule has 22 heavy (non-hydrogen) atoms. The minimum atomic E-state index is -1.77. The van der Waals surface area contributed by atoms with Crippen LogP contribution < -0.4 is 0 Å². The second kappa shape index (κ2) is 5.10. The van der Waals surface area contributed by atoms with Gasteiger partial charge >= 0.3 is 5.97 Å². The highest BCUT2D eigenvalue weighted by molar-refractivity contribution is 5.98. The Bertz CT molecular complexity index is 747. The van der Waals surface area contributed by atoms with E-state index in [0.29, 0.717) is 10.9 Å². The standard InChI is InChI=1S/C15H15FN2O4/c16-10-2-1-3-11-9(10)8-12(17-11)13(19)18-6-4-15(22,5-7-18)14(20)21/h1-3,8,17,22H,4-7H2,(H,20,21). The average molecular weight is 306 g/mol. The highest BCUT2D eigenvalue weighted by Gasteiger charge is 2.40. The van der Waals surface area contributed by atoms with Gasteiger partial charge in [0.1, 0.15) is 11.5 Å². The molecule has 1 amide bonds. The Kier molecular flexibility index (Phi) is 3.37. The number of hydrogen-bond acceptors (Lipinski definition) is 3. The first-order valence-electron chi connectivity index (χ1n) is 6.93. The van der Waals surface area contributed by atoms with E-state index in [1.807, 2.05) is 0 Å². The lowest BCUT2D eigenvalue weighted by Gasteiger charge is -2.35. The Labute approximate surface area is 125 Å². The number of fused-ring (bicyclic) bond motifs is 1. The lowest BCUT2D eigenvalue weighted by molar-refractivity contribution is -0.162. The van der Waals surface area contributed by atoms with Crippen molar-refractivity contribution in [3.05, 3.63) is 35.8 Å². The monoisotopic (exact) mass is 306 g/mol. The Morgan fingerprint density at radius 2 is 1.95 bits per heavy atom. The highest BCUT2D eigenvalue weighted by Crippen LogP contribution is 2.25. The second-order valence-corrected chi connectivity index (χ2v) is 5.51. The number of carbonyl (C=O) groups excluding carboxylic acids is 1. The molecule has 7 heteroatoms. The molecule has 0 atom stereocenters. The number of amides is 1. The zero-order valence-corrected chi connectivity index (χ0v) is 11.7. The summed E-state index contributed by atoms with van der Waals surface area (Å²) in [6.07, 6.45) is -0.0503. The summed E-state index contributed by atoms with van der Waals surface area (Å²) in [4.78, 5) is 27.7. The zero-order chi connectivity index (χ0) is 15.9. The van der Waals surface area contributed by atoms with Crippen LogP contribution in [0.5, 0.6) is 0 Å². The predicted octanol–water partition coefficient (Wildman–Crippen LogP) is 1.36. The van der Waals surface area contributed by atoms with Crippen molar-refractivity contribution in [1.82, 2.24) is 9.88 Å². The van der Waals surface area contributed by atoms with Crippen LogP contribution in [0, 0.1) is 5.82 Å². The van der Waals surface area contributed by atoms with Gasteiger partial charge < -0.3 is 20.1 Å². The molecule has 0 aliphatic carbocycles. The first-order valence-corrected chi connectivity index (χ1v) is 6.93. The smallest absolute Gasteiger partial charge is 0.335 e. The Balaban J connectivity index is 1.79. The van der Waals surface area contributed by atoms with Gasteiger partial charge in [0.25, 0.3) is 5.91 Å². The van der Waals surface area contributed by atoms with Gasteiger partial charge in [-0.05, 0) is 18.2 Å². The summed E-state index contributed by atoms with van der Waals surface area (Å²) in [6.45, 7) is 0.277. The van der Waals surface area contributed by atoms with Gasteiger partial charge in [-0.3, -0.25) is 4.79 Å². The minimum Gasteiger partial charge on any atom is -0.479 e. The number of carbonyl (C=O) groups is 2. The fourth-order valence-corrected chi connectivity index (χ4v) is 2.70. The van der Waals surface area contributed by atoms with Gasteiger partial charge in [0.2, 0.25) is 0 Å². The van der Waals surface area contributed by atoms with Crippen molar-refractivity contribution >= 4 is 22.8 Å². The van der Waals surface area contributed by atoms with Gasteiger partial charge in [-0.25, -0.2) is 9.18 Å². The molecule has 1 fully saturated rings. The van der Waals surface area contributed by atoms with E-state index in [4.69, 9.17) is 5.11 Å². The van der Waals surface area contributed by atoms with E-state index in [-0.39, 0.29) is 37.5 Å². The summed E-state index contributed by atoms with van der Waals surface area (Å²) in [5, 5.41) is 19.2. The summed E-state index contributed by atoms with van der Waals surface area (Å²) in [7, 11) is 0. The number of halogens is 1. The van der Waals surface area contributed by atoms with Crippen LogP contribution in [0.15, 0.2) is 24.3 Å². The lowest BCUT2D eigenvalue weighted by Crippen LogP contribution is -2.50. The van der Waals surface area contributed by atoms with E-state index in [1.54, 1.807) is 12.1 Å². The minimum absolute atomic E-state index is 0.0251. The molecule has 0 unspecified atom stereocenters. The van der Waals surface area contributed by atoms with Crippen molar-refractivity contribution < 1.29 is 24.2 Å². The van der Waals surface area contributed by atoms with Crippen molar-refractivity contribution in [2.24, 2.45) is 0 Å². The number of nitrogens with one attached hydrogen (secondary N) is 1. The molecule has 3 rings (SSSR count). The van der Waals surface area contributed by atoms with Gasteiger partial charge in [0.05, 0.1) is 0 Å². The van der Waals surface area contributed by atoms with Crippen LogP contribution in [0.25, 0.3) is 10.9 Å². The molecule has 1 saturated heterocycles. The van der Waals surface area contributed by atoms with Crippen LogP contribution >= 0.6 is 0 Å². The van der Waals surface area contributed by atoms with Crippen molar-refractivity contribution in [3.63, 3.8) is 0 Å². The number of carboxylic acids is 1. The SMILES string of the molecule is O=C(c1cc2c(F)cccc2[nH]1)N1CCC(O)(C(=O)O)CC1. The largest absolute Gasteiger partial charge is 0.479 e. The highest BCUT2D eigenvalue weighted by atomic mass is 19.1. The number of aromatic nitrogens is 1.